The van der Waals surface area contributed by atoms with Gasteiger partial charge >= 0.3 is 0 Å². The van der Waals surface area contributed by atoms with E-state index in [0.29, 0.717) is 17.2 Å². The normalized spacial score (nSPS) is 15.2. The molecular weight excluding hydrogens is 344 g/mol. The number of nitrogen functional groups attached to an aromatic ring is 1. The first kappa shape index (κ1) is 17.6. The van der Waals surface area contributed by atoms with Crippen LogP contribution in [0.5, 0.6) is 11.5 Å². The van der Waals surface area contributed by atoms with Crippen molar-refractivity contribution < 1.29 is 14.2 Å². The molecule has 3 heterocycles. The van der Waals surface area contributed by atoms with E-state index in [1.54, 1.807) is 14.2 Å². The van der Waals surface area contributed by atoms with E-state index in [4.69, 9.17) is 24.9 Å². The maximum atomic E-state index is 6.04. The molecule has 2 aromatic heterocycles. The number of ether oxygens (including phenoxy) is 3. The molecule has 2 N–H and O–H groups in total. The molecule has 1 fully saturated rings. The van der Waals surface area contributed by atoms with Gasteiger partial charge < -0.3 is 24.3 Å². The first-order valence-electron chi connectivity index (χ1n) is 8.98. The smallest absolute Gasteiger partial charge is 0.161 e. The first-order valence-corrected chi connectivity index (χ1v) is 8.98. The van der Waals surface area contributed by atoms with Crippen LogP contribution in [0, 0.1) is 0 Å². The van der Waals surface area contributed by atoms with E-state index in [0.717, 1.165) is 55.4 Å². The Morgan fingerprint density at radius 1 is 1.07 bits per heavy atom. The van der Waals surface area contributed by atoms with Crippen LogP contribution in [0.3, 0.4) is 0 Å². The monoisotopic (exact) mass is 368 g/mol. The van der Waals surface area contributed by atoms with Gasteiger partial charge in [-0.25, -0.2) is 4.98 Å². The van der Waals surface area contributed by atoms with Crippen molar-refractivity contribution in [3.05, 3.63) is 42.2 Å². The van der Waals surface area contributed by atoms with E-state index in [2.05, 4.69) is 9.30 Å². The summed E-state index contributed by atoms with van der Waals surface area (Å²) >= 11 is 0. The minimum absolute atomic E-state index is 0.684. The van der Waals surface area contributed by atoms with Gasteiger partial charge in [-0.3, -0.25) is 4.90 Å². The van der Waals surface area contributed by atoms with Crippen LogP contribution in [0.15, 0.2) is 36.5 Å². The fraction of sp³-hybridized carbons (Fsp3) is 0.350. The molecule has 4 rings (SSSR count). The largest absolute Gasteiger partial charge is 0.493 e. The Morgan fingerprint density at radius 3 is 2.59 bits per heavy atom. The molecule has 1 aromatic carbocycles. The molecule has 0 bridgehead atoms. The van der Waals surface area contributed by atoms with Gasteiger partial charge in [-0.15, -0.1) is 0 Å². The Hall–Kier alpha value is -2.77. The third-order valence-electron chi connectivity index (χ3n) is 4.87. The lowest BCUT2D eigenvalue weighted by atomic mass is 10.1. The van der Waals surface area contributed by atoms with Crippen LogP contribution in [-0.4, -0.2) is 54.8 Å². The highest BCUT2D eigenvalue weighted by Gasteiger charge is 2.20. The van der Waals surface area contributed by atoms with Gasteiger partial charge in [-0.2, -0.15) is 0 Å². The third-order valence-corrected chi connectivity index (χ3v) is 4.87. The highest BCUT2D eigenvalue weighted by Crippen LogP contribution is 2.34. The molecule has 0 aliphatic carbocycles. The number of nitrogens with two attached hydrogens (primary N) is 1. The van der Waals surface area contributed by atoms with Gasteiger partial charge in [-0.1, -0.05) is 0 Å². The predicted octanol–water partition coefficient (Wildman–Crippen LogP) is 2.43. The summed E-state index contributed by atoms with van der Waals surface area (Å²) in [5.74, 6) is 1.38. The Bertz CT molecular complexity index is 948. The molecule has 7 nitrogen and oxygen atoms in total. The fourth-order valence-electron chi connectivity index (χ4n) is 3.45. The maximum absolute atomic E-state index is 6.04. The molecular formula is C20H24N4O3. The number of fused-ring (bicyclic) bond motifs is 1. The average molecular weight is 368 g/mol. The van der Waals surface area contributed by atoms with E-state index < -0.39 is 0 Å². The fourth-order valence-corrected chi connectivity index (χ4v) is 3.45. The van der Waals surface area contributed by atoms with E-state index in [-0.39, 0.29) is 0 Å². The van der Waals surface area contributed by atoms with Crippen LogP contribution in [0.2, 0.25) is 0 Å². The van der Waals surface area contributed by atoms with Crippen molar-refractivity contribution in [2.45, 2.75) is 6.54 Å². The second-order valence-corrected chi connectivity index (χ2v) is 6.56. The van der Waals surface area contributed by atoms with E-state index in [9.17, 15) is 0 Å². The number of aromatic nitrogens is 2. The molecule has 0 saturated carbocycles. The second-order valence-electron chi connectivity index (χ2n) is 6.56. The highest BCUT2D eigenvalue weighted by molar-refractivity contribution is 5.70. The lowest BCUT2D eigenvalue weighted by Gasteiger charge is -2.26. The summed E-state index contributed by atoms with van der Waals surface area (Å²) in [4.78, 5) is 7.25. The van der Waals surface area contributed by atoms with Crippen molar-refractivity contribution in [2.24, 2.45) is 0 Å². The molecule has 0 unspecified atom stereocenters. The number of morpholine rings is 1. The Balaban J connectivity index is 1.82. The Labute approximate surface area is 158 Å². The summed E-state index contributed by atoms with van der Waals surface area (Å²) in [6, 6.07) is 9.70. The molecule has 142 valence electrons. The van der Waals surface area contributed by atoms with Crippen molar-refractivity contribution >= 4 is 11.3 Å². The molecule has 0 spiro atoms. The van der Waals surface area contributed by atoms with Crippen molar-refractivity contribution in [3.8, 4) is 22.8 Å². The topological polar surface area (TPSA) is 74.2 Å². The highest BCUT2D eigenvalue weighted by atomic mass is 16.5. The SMILES string of the molecule is COc1ccc(-c2nc3ccc(N)cn3c2CN2CCOCC2)cc1OC. The zero-order valence-corrected chi connectivity index (χ0v) is 15.6. The number of hydrogen-bond acceptors (Lipinski definition) is 6. The van der Waals surface area contributed by atoms with Crippen molar-refractivity contribution in [1.82, 2.24) is 14.3 Å². The van der Waals surface area contributed by atoms with Gasteiger partial charge in [0, 0.05) is 37.1 Å². The lowest BCUT2D eigenvalue weighted by Crippen LogP contribution is -2.36. The molecule has 3 aromatic rings. The molecule has 0 radical (unpaired) electrons. The number of rotatable bonds is 5. The van der Waals surface area contributed by atoms with Crippen molar-refractivity contribution in [1.29, 1.82) is 0 Å². The van der Waals surface area contributed by atoms with Crippen LogP contribution in [-0.2, 0) is 11.3 Å². The van der Waals surface area contributed by atoms with Crippen LogP contribution < -0.4 is 15.2 Å². The maximum Gasteiger partial charge on any atom is 0.161 e. The summed E-state index contributed by atoms with van der Waals surface area (Å²) in [5.41, 5.74) is 10.6. The average Bonchev–Trinajstić information content (AvgIpc) is 3.06. The zero-order chi connectivity index (χ0) is 18.8. The third kappa shape index (κ3) is 3.43. The Kier molecular flexibility index (Phi) is 4.87. The number of hydrogen-bond donors (Lipinski definition) is 1. The van der Waals surface area contributed by atoms with Crippen LogP contribution in [0.1, 0.15) is 5.69 Å². The van der Waals surface area contributed by atoms with Crippen LogP contribution in [0.25, 0.3) is 16.9 Å². The minimum Gasteiger partial charge on any atom is -0.493 e. The first-order chi connectivity index (χ1) is 13.2. The minimum atomic E-state index is 0.684. The lowest BCUT2D eigenvalue weighted by molar-refractivity contribution is 0.0336. The predicted molar refractivity (Wildman–Crippen MR) is 104 cm³/mol. The van der Waals surface area contributed by atoms with Gasteiger partial charge in [0.25, 0.3) is 0 Å². The van der Waals surface area contributed by atoms with Gasteiger partial charge in [-0.05, 0) is 30.3 Å². The van der Waals surface area contributed by atoms with Gasteiger partial charge in [0.2, 0.25) is 0 Å². The summed E-state index contributed by atoms with van der Waals surface area (Å²) in [5, 5.41) is 0. The summed E-state index contributed by atoms with van der Waals surface area (Å²) in [7, 11) is 3.27. The van der Waals surface area contributed by atoms with Crippen molar-refractivity contribution in [3.63, 3.8) is 0 Å². The van der Waals surface area contributed by atoms with Crippen molar-refractivity contribution in [2.75, 3.05) is 46.3 Å². The zero-order valence-electron chi connectivity index (χ0n) is 15.6. The number of benzene rings is 1. The molecule has 27 heavy (non-hydrogen) atoms. The molecule has 1 aliphatic rings. The summed E-state index contributed by atoms with van der Waals surface area (Å²) in [6.07, 6.45) is 1.93. The Morgan fingerprint density at radius 2 is 1.85 bits per heavy atom. The molecule has 1 saturated heterocycles. The number of imidazole rings is 1. The van der Waals surface area contributed by atoms with Crippen LogP contribution in [0.4, 0.5) is 5.69 Å². The molecule has 1 aliphatic heterocycles. The summed E-state index contributed by atoms with van der Waals surface area (Å²) in [6.45, 7) is 4.09. The van der Waals surface area contributed by atoms with Gasteiger partial charge in [0.15, 0.2) is 11.5 Å². The molecule has 7 heteroatoms. The number of pyridine rings is 1. The van der Waals surface area contributed by atoms with Gasteiger partial charge in [0.1, 0.15) is 5.65 Å². The van der Waals surface area contributed by atoms with Crippen LogP contribution >= 0.6 is 0 Å². The number of nitrogens with zero attached hydrogens (tertiary/aromatic N) is 3. The molecule has 0 atom stereocenters. The van der Waals surface area contributed by atoms with Gasteiger partial charge in [0.05, 0.1) is 38.8 Å². The summed E-state index contributed by atoms with van der Waals surface area (Å²) < 4.78 is 18.4. The quantitative estimate of drug-likeness (QED) is 0.746. The number of anilines is 1. The van der Waals surface area contributed by atoms with E-state index in [1.807, 2.05) is 36.5 Å². The second kappa shape index (κ2) is 7.46. The number of methoxy groups -OCH3 is 2. The standard InChI is InChI=1S/C20H24N4O3/c1-25-17-5-3-14(11-18(17)26-2)20-16(13-23-7-9-27-10-8-23)24-12-15(21)4-6-19(24)22-20/h3-6,11-12H,7-10,13,21H2,1-2H3. The van der Waals surface area contributed by atoms with E-state index >= 15 is 0 Å². The van der Waals surface area contributed by atoms with E-state index in [1.165, 1.54) is 0 Å². The molecule has 0 amide bonds.